The second kappa shape index (κ2) is 4.02. The number of H-pyrrole nitrogens is 1. The molecule has 0 radical (unpaired) electrons. The number of carbonyl (C=O) groups is 1. The Morgan fingerprint density at radius 3 is 2.87 bits per heavy atom. The summed E-state index contributed by atoms with van der Waals surface area (Å²) in [4.78, 5) is 11.0. The highest BCUT2D eigenvalue weighted by Gasteiger charge is 2.21. The van der Waals surface area contributed by atoms with Gasteiger partial charge in [-0.2, -0.15) is 5.10 Å². The zero-order chi connectivity index (χ0) is 10.8. The molecular weight excluding hydrogens is 192 g/mol. The number of nitrogens with one attached hydrogen (secondary N) is 3. The fourth-order valence-corrected chi connectivity index (χ4v) is 1.83. The molecule has 5 heteroatoms. The smallest absolute Gasteiger partial charge is 0.221 e. The lowest BCUT2D eigenvalue weighted by Gasteiger charge is -2.09. The van der Waals surface area contributed by atoms with E-state index in [1.807, 2.05) is 13.8 Å². The maximum absolute atomic E-state index is 11.0. The first-order valence-electron chi connectivity index (χ1n) is 5.17. The van der Waals surface area contributed by atoms with Gasteiger partial charge in [-0.1, -0.05) is 0 Å². The Morgan fingerprint density at radius 1 is 1.53 bits per heavy atom. The molecule has 0 aliphatic carbocycles. The van der Waals surface area contributed by atoms with E-state index in [0.717, 1.165) is 24.5 Å². The minimum Gasteiger partial charge on any atom is -0.354 e. The third-order valence-corrected chi connectivity index (χ3v) is 2.83. The fraction of sp³-hybridized carbons (Fsp3) is 0.600. The van der Waals surface area contributed by atoms with Gasteiger partial charge < -0.3 is 10.6 Å². The largest absolute Gasteiger partial charge is 0.354 e. The monoisotopic (exact) mass is 208 g/mol. The van der Waals surface area contributed by atoms with E-state index in [4.69, 9.17) is 0 Å². The van der Waals surface area contributed by atoms with Crippen molar-refractivity contribution in [1.82, 2.24) is 20.8 Å². The van der Waals surface area contributed by atoms with E-state index < -0.39 is 0 Å². The number of aromatic amines is 1. The van der Waals surface area contributed by atoms with Gasteiger partial charge in [-0.05, 0) is 13.8 Å². The molecular formula is C10H16N4O. The van der Waals surface area contributed by atoms with Crippen molar-refractivity contribution in [2.75, 3.05) is 6.54 Å². The minimum absolute atomic E-state index is 0.133. The Kier molecular flexibility index (Phi) is 2.73. The molecule has 0 spiro atoms. The lowest BCUT2D eigenvalue weighted by atomic mass is 10.2. The van der Waals surface area contributed by atoms with Crippen LogP contribution in [0.3, 0.4) is 0 Å². The zero-order valence-electron chi connectivity index (χ0n) is 9.05. The fourth-order valence-electron chi connectivity index (χ4n) is 1.83. The van der Waals surface area contributed by atoms with Gasteiger partial charge in [0.25, 0.3) is 0 Å². The van der Waals surface area contributed by atoms with Crippen LogP contribution < -0.4 is 10.6 Å². The number of nitrogens with zero attached hydrogens (tertiary/aromatic N) is 1. The quantitative estimate of drug-likeness (QED) is 0.655. The number of aromatic nitrogens is 2. The highest BCUT2D eigenvalue weighted by atomic mass is 16.1. The molecule has 1 unspecified atom stereocenters. The van der Waals surface area contributed by atoms with Crippen LogP contribution in [0.1, 0.15) is 23.4 Å². The molecule has 1 aromatic rings. The Balaban J connectivity index is 1.90. The van der Waals surface area contributed by atoms with Gasteiger partial charge in [-0.15, -0.1) is 0 Å². The van der Waals surface area contributed by atoms with Crippen molar-refractivity contribution >= 4 is 5.91 Å². The van der Waals surface area contributed by atoms with E-state index in [1.165, 1.54) is 5.56 Å². The van der Waals surface area contributed by atoms with Crippen molar-refractivity contribution in [3.8, 4) is 0 Å². The number of rotatable bonds is 3. The maximum Gasteiger partial charge on any atom is 0.221 e. The number of aryl methyl sites for hydroxylation is 2. The molecule has 5 nitrogen and oxygen atoms in total. The van der Waals surface area contributed by atoms with Gasteiger partial charge in [0.1, 0.15) is 0 Å². The third kappa shape index (κ3) is 2.18. The van der Waals surface area contributed by atoms with Crippen LogP contribution in [0, 0.1) is 13.8 Å². The van der Waals surface area contributed by atoms with Crippen LogP contribution in [0.2, 0.25) is 0 Å². The van der Waals surface area contributed by atoms with Crippen molar-refractivity contribution in [1.29, 1.82) is 0 Å². The van der Waals surface area contributed by atoms with E-state index in [9.17, 15) is 4.79 Å². The average Bonchev–Trinajstić information content (AvgIpc) is 2.73. The Hall–Kier alpha value is -1.36. The molecule has 1 fully saturated rings. The maximum atomic E-state index is 11.0. The Labute approximate surface area is 88.6 Å². The molecule has 15 heavy (non-hydrogen) atoms. The van der Waals surface area contributed by atoms with Gasteiger partial charge in [-0.3, -0.25) is 9.89 Å². The normalized spacial score (nSPS) is 20.7. The zero-order valence-corrected chi connectivity index (χ0v) is 9.05. The van der Waals surface area contributed by atoms with E-state index in [2.05, 4.69) is 20.8 Å². The first kappa shape index (κ1) is 10.2. The third-order valence-electron chi connectivity index (χ3n) is 2.83. The summed E-state index contributed by atoms with van der Waals surface area (Å²) >= 11 is 0. The van der Waals surface area contributed by atoms with Gasteiger partial charge in [-0.25, -0.2) is 0 Å². The lowest BCUT2D eigenvalue weighted by Crippen LogP contribution is -2.30. The molecule has 1 aliphatic rings. The summed E-state index contributed by atoms with van der Waals surface area (Å²) in [6.45, 7) is 5.50. The van der Waals surface area contributed by atoms with Gasteiger partial charge in [0.05, 0.1) is 5.69 Å². The standard InChI is InChI=1S/C10H16N4O/c1-6-9(7(2)14-13-6)5-11-8-3-10(15)12-4-8/h8,11H,3-5H2,1-2H3,(H,12,15)(H,13,14). The van der Waals surface area contributed by atoms with E-state index in [-0.39, 0.29) is 11.9 Å². The molecule has 1 aliphatic heterocycles. The van der Waals surface area contributed by atoms with Crippen LogP contribution in [0.4, 0.5) is 0 Å². The SMILES string of the molecule is Cc1n[nH]c(C)c1CNC1CNC(=O)C1. The molecule has 1 aromatic heterocycles. The van der Waals surface area contributed by atoms with Gasteiger partial charge >= 0.3 is 0 Å². The second-order valence-corrected chi connectivity index (χ2v) is 4.00. The molecule has 2 rings (SSSR count). The highest BCUT2D eigenvalue weighted by molar-refractivity contribution is 5.78. The molecule has 1 amide bonds. The van der Waals surface area contributed by atoms with Crippen LogP contribution in [-0.2, 0) is 11.3 Å². The second-order valence-electron chi connectivity index (χ2n) is 4.00. The Bertz CT molecular complexity index is 352. The molecule has 3 N–H and O–H groups in total. The van der Waals surface area contributed by atoms with Gasteiger partial charge in [0, 0.05) is 36.8 Å². The minimum atomic E-state index is 0.133. The van der Waals surface area contributed by atoms with Gasteiger partial charge in [0.15, 0.2) is 0 Å². The summed E-state index contributed by atoms with van der Waals surface area (Å²) in [5, 5.41) is 13.2. The lowest BCUT2D eigenvalue weighted by molar-refractivity contribution is -0.119. The van der Waals surface area contributed by atoms with Crippen LogP contribution >= 0.6 is 0 Å². The molecule has 0 saturated carbocycles. The van der Waals surface area contributed by atoms with Crippen LogP contribution in [0.25, 0.3) is 0 Å². The summed E-state index contributed by atoms with van der Waals surface area (Å²) in [5.74, 6) is 0.133. The first-order chi connectivity index (χ1) is 7.16. The number of hydrogen-bond acceptors (Lipinski definition) is 3. The molecule has 0 bridgehead atoms. The van der Waals surface area contributed by atoms with Crippen molar-refractivity contribution < 1.29 is 4.79 Å². The molecule has 1 saturated heterocycles. The summed E-state index contributed by atoms with van der Waals surface area (Å²) in [6, 6.07) is 0.256. The van der Waals surface area contributed by atoms with E-state index >= 15 is 0 Å². The molecule has 1 atom stereocenters. The number of amides is 1. The van der Waals surface area contributed by atoms with Crippen molar-refractivity contribution in [2.45, 2.75) is 32.9 Å². The van der Waals surface area contributed by atoms with Crippen LogP contribution in [0.15, 0.2) is 0 Å². The van der Waals surface area contributed by atoms with Crippen LogP contribution in [0.5, 0.6) is 0 Å². The van der Waals surface area contributed by atoms with E-state index in [1.54, 1.807) is 0 Å². The molecule has 2 heterocycles. The summed E-state index contributed by atoms with van der Waals surface area (Å²) in [6.07, 6.45) is 0.579. The summed E-state index contributed by atoms with van der Waals surface area (Å²) in [5.41, 5.74) is 3.32. The van der Waals surface area contributed by atoms with E-state index in [0.29, 0.717) is 6.42 Å². The number of carbonyl (C=O) groups excluding carboxylic acids is 1. The summed E-state index contributed by atoms with van der Waals surface area (Å²) in [7, 11) is 0. The van der Waals surface area contributed by atoms with Crippen molar-refractivity contribution in [3.63, 3.8) is 0 Å². The Morgan fingerprint density at radius 2 is 2.33 bits per heavy atom. The van der Waals surface area contributed by atoms with Crippen LogP contribution in [-0.4, -0.2) is 28.7 Å². The summed E-state index contributed by atoms with van der Waals surface area (Å²) < 4.78 is 0. The highest BCUT2D eigenvalue weighted by Crippen LogP contribution is 2.09. The number of hydrogen-bond donors (Lipinski definition) is 3. The molecule has 82 valence electrons. The first-order valence-corrected chi connectivity index (χ1v) is 5.17. The average molecular weight is 208 g/mol. The van der Waals surface area contributed by atoms with Crippen molar-refractivity contribution in [2.24, 2.45) is 0 Å². The predicted molar refractivity (Wildman–Crippen MR) is 56.3 cm³/mol. The predicted octanol–water partition coefficient (Wildman–Crippen LogP) is 0.00464. The topological polar surface area (TPSA) is 69.8 Å². The van der Waals surface area contributed by atoms with Gasteiger partial charge in [0.2, 0.25) is 5.91 Å². The van der Waals surface area contributed by atoms with Crippen molar-refractivity contribution in [3.05, 3.63) is 17.0 Å². The molecule has 0 aromatic carbocycles.